The Kier molecular flexibility index (Phi) is 3.51. The van der Waals surface area contributed by atoms with Crippen LogP contribution in [0.3, 0.4) is 0 Å². The number of hydrogen-bond donors (Lipinski definition) is 2. The fraction of sp³-hybridized carbons (Fsp3) is 0. The van der Waals surface area contributed by atoms with Gasteiger partial charge in [0.25, 0.3) is 11.8 Å². The van der Waals surface area contributed by atoms with Crippen molar-refractivity contribution in [2.45, 2.75) is 0 Å². The smallest absolute Gasteiger partial charge is 0.273 e. The first kappa shape index (κ1) is 12.7. The molecule has 0 aliphatic carbocycles. The van der Waals surface area contributed by atoms with Gasteiger partial charge in [0.2, 0.25) is 0 Å². The molecule has 1 heterocycles. The summed E-state index contributed by atoms with van der Waals surface area (Å²) >= 11 is 0. The van der Waals surface area contributed by atoms with E-state index in [4.69, 9.17) is 0 Å². The largest absolute Gasteiger partial charge is 0.328 e. The zero-order chi connectivity index (χ0) is 13.8. The number of nitrogens with one attached hydrogen (secondary N) is 2. The number of amides is 4. The number of halogens is 1. The predicted molar refractivity (Wildman–Crippen MR) is 65.2 cm³/mol. The maximum absolute atomic E-state index is 12.7. The molecule has 0 spiro atoms. The molecule has 1 aromatic carbocycles. The highest BCUT2D eigenvalue weighted by Gasteiger charge is 2.26. The van der Waals surface area contributed by atoms with Gasteiger partial charge in [0.15, 0.2) is 0 Å². The second-order valence-electron chi connectivity index (χ2n) is 3.73. The van der Waals surface area contributed by atoms with Crippen molar-refractivity contribution in [2.24, 2.45) is 0 Å². The van der Waals surface area contributed by atoms with E-state index in [1.807, 2.05) is 10.6 Å². The van der Waals surface area contributed by atoms with Crippen LogP contribution in [-0.2, 0) is 9.59 Å². The van der Waals surface area contributed by atoms with Gasteiger partial charge in [0.05, 0.1) is 0 Å². The maximum atomic E-state index is 12.7. The Balaban J connectivity index is 2.13. The third kappa shape index (κ3) is 3.12. The van der Waals surface area contributed by atoms with Crippen molar-refractivity contribution in [2.75, 3.05) is 0 Å². The van der Waals surface area contributed by atoms with Crippen molar-refractivity contribution in [1.82, 2.24) is 10.6 Å². The van der Waals surface area contributed by atoms with Gasteiger partial charge in [-0.2, -0.15) is 0 Å². The molecule has 0 atom stereocenters. The number of imide groups is 2. The molecule has 19 heavy (non-hydrogen) atoms. The van der Waals surface area contributed by atoms with Crippen molar-refractivity contribution in [3.63, 3.8) is 0 Å². The molecule has 5 nitrogen and oxygen atoms in total. The zero-order valence-corrected chi connectivity index (χ0v) is 9.64. The Morgan fingerprint density at radius 3 is 2.11 bits per heavy atom. The summed E-state index contributed by atoms with van der Waals surface area (Å²) in [7, 11) is 0. The molecule has 0 radical (unpaired) electrons. The van der Waals surface area contributed by atoms with E-state index in [1.165, 1.54) is 24.3 Å². The number of barbiturate groups is 1. The normalized spacial score (nSPS) is 15.4. The van der Waals surface area contributed by atoms with E-state index in [1.54, 1.807) is 18.2 Å². The van der Waals surface area contributed by atoms with Crippen LogP contribution in [0.15, 0.2) is 42.0 Å². The Labute approximate surface area is 107 Å². The molecule has 1 fully saturated rings. The monoisotopic (exact) mass is 260 g/mol. The number of benzene rings is 1. The number of carbonyl (C=O) groups excluding carboxylic acids is 3. The molecule has 1 aliphatic rings. The summed E-state index contributed by atoms with van der Waals surface area (Å²) < 4.78 is 12.7. The molecule has 1 saturated heterocycles. The van der Waals surface area contributed by atoms with E-state index in [9.17, 15) is 18.8 Å². The van der Waals surface area contributed by atoms with Crippen LogP contribution in [0, 0.1) is 5.82 Å². The number of hydrogen-bond acceptors (Lipinski definition) is 3. The first-order valence-electron chi connectivity index (χ1n) is 5.37. The molecular formula is C13H9FN2O3. The van der Waals surface area contributed by atoms with Crippen molar-refractivity contribution in [3.8, 4) is 0 Å². The van der Waals surface area contributed by atoms with Crippen molar-refractivity contribution < 1.29 is 18.8 Å². The first-order chi connectivity index (χ1) is 9.06. The molecule has 96 valence electrons. The van der Waals surface area contributed by atoms with Gasteiger partial charge in [0.1, 0.15) is 11.4 Å². The molecular weight excluding hydrogens is 251 g/mol. The molecule has 6 heteroatoms. The highest BCUT2D eigenvalue weighted by atomic mass is 19.1. The minimum absolute atomic E-state index is 0.169. The molecule has 0 saturated carbocycles. The van der Waals surface area contributed by atoms with E-state index in [2.05, 4.69) is 0 Å². The second-order valence-corrected chi connectivity index (χ2v) is 3.73. The van der Waals surface area contributed by atoms with Crippen LogP contribution in [-0.4, -0.2) is 17.8 Å². The average Bonchev–Trinajstić information content (AvgIpc) is 2.34. The lowest BCUT2D eigenvalue weighted by Crippen LogP contribution is -2.51. The van der Waals surface area contributed by atoms with Gasteiger partial charge in [-0.1, -0.05) is 24.3 Å². The van der Waals surface area contributed by atoms with Gasteiger partial charge >= 0.3 is 6.03 Å². The van der Waals surface area contributed by atoms with Gasteiger partial charge in [-0.3, -0.25) is 20.2 Å². The van der Waals surface area contributed by atoms with Gasteiger partial charge in [-0.15, -0.1) is 0 Å². The summed E-state index contributed by atoms with van der Waals surface area (Å²) in [5.41, 5.74) is 0.545. The SMILES string of the molecule is O=C1NC(=O)C(=CC=Cc2ccc(F)cc2)C(=O)N1. The molecule has 0 aromatic heterocycles. The highest BCUT2D eigenvalue weighted by Crippen LogP contribution is 2.06. The second kappa shape index (κ2) is 5.26. The van der Waals surface area contributed by atoms with Gasteiger partial charge in [0, 0.05) is 0 Å². The fourth-order valence-corrected chi connectivity index (χ4v) is 1.46. The minimum Gasteiger partial charge on any atom is -0.273 e. The lowest BCUT2D eigenvalue weighted by molar-refractivity contribution is -0.124. The quantitative estimate of drug-likeness (QED) is 0.618. The van der Waals surface area contributed by atoms with Crippen LogP contribution in [0.5, 0.6) is 0 Å². The van der Waals surface area contributed by atoms with E-state index >= 15 is 0 Å². The summed E-state index contributed by atoms with van der Waals surface area (Å²) in [6.45, 7) is 0. The van der Waals surface area contributed by atoms with Crippen molar-refractivity contribution in [1.29, 1.82) is 0 Å². The summed E-state index contributed by atoms with van der Waals surface area (Å²) in [6.07, 6.45) is 4.35. The van der Waals surface area contributed by atoms with E-state index in [0.717, 1.165) is 0 Å². The van der Waals surface area contributed by atoms with Crippen LogP contribution >= 0.6 is 0 Å². The molecule has 2 N–H and O–H groups in total. The Bertz CT molecular complexity index is 581. The number of carbonyl (C=O) groups is 3. The van der Waals surface area contributed by atoms with Crippen LogP contribution in [0.4, 0.5) is 9.18 Å². The molecule has 1 aromatic rings. The van der Waals surface area contributed by atoms with E-state index in [-0.39, 0.29) is 11.4 Å². The zero-order valence-electron chi connectivity index (χ0n) is 9.64. The van der Waals surface area contributed by atoms with Gasteiger partial charge < -0.3 is 0 Å². The highest BCUT2D eigenvalue weighted by molar-refractivity contribution is 6.29. The number of allylic oxidation sites excluding steroid dienone is 2. The minimum atomic E-state index is -0.838. The topological polar surface area (TPSA) is 75.3 Å². The third-order valence-electron chi connectivity index (χ3n) is 2.36. The third-order valence-corrected chi connectivity index (χ3v) is 2.36. The van der Waals surface area contributed by atoms with Gasteiger partial charge in [-0.05, 0) is 23.8 Å². The van der Waals surface area contributed by atoms with E-state index < -0.39 is 17.8 Å². The average molecular weight is 260 g/mol. The molecule has 2 rings (SSSR count). The van der Waals surface area contributed by atoms with E-state index in [0.29, 0.717) is 5.56 Å². The van der Waals surface area contributed by atoms with Crippen molar-refractivity contribution in [3.05, 3.63) is 53.4 Å². The van der Waals surface area contributed by atoms with Crippen LogP contribution in [0.25, 0.3) is 6.08 Å². The van der Waals surface area contributed by atoms with Crippen LogP contribution in [0.1, 0.15) is 5.56 Å². The first-order valence-corrected chi connectivity index (χ1v) is 5.37. The summed E-state index contributed by atoms with van der Waals surface area (Å²) in [5.74, 6) is -1.85. The standard InChI is InChI=1S/C13H9FN2O3/c14-9-6-4-8(5-7-9)2-1-3-10-11(17)15-13(19)16-12(10)18/h1-7H,(H2,15,16,17,18,19). The predicted octanol–water partition coefficient (Wildman–Crippen LogP) is 1.13. The summed E-state index contributed by atoms with van der Waals surface area (Å²) in [4.78, 5) is 33.5. The van der Waals surface area contributed by atoms with Crippen molar-refractivity contribution >= 4 is 23.9 Å². The lowest BCUT2D eigenvalue weighted by atomic mass is 10.1. The van der Waals surface area contributed by atoms with Crippen LogP contribution in [0.2, 0.25) is 0 Å². The fourth-order valence-electron chi connectivity index (χ4n) is 1.46. The summed E-state index contributed by atoms with van der Waals surface area (Å²) in [6, 6.07) is 4.86. The molecule has 0 bridgehead atoms. The number of urea groups is 1. The maximum Gasteiger partial charge on any atom is 0.328 e. The molecule has 4 amide bonds. The Morgan fingerprint density at radius 1 is 0.947 bits per heavy atom. The molecule has 1 aliphatic heterocycles. The Hall–Kier alpha value is -2.76. The molecule has 0 unspecified atom stereocenters. The van der Waals surface area contributed by atoms with Gasteiger partial charge in [-0.25, -0.2) is 9.18 Å². The summed E-state index contributed by atoms with van der Waals surface area (Å²) in [5, 5.41) is 3.91. The number of rotatable bonds is 2. The lowest BCUT2D eigenvalue weighted by Gasteiger charge is -2.12. The van der Waals surface area contributed by atoms with Crippen LogP contribution < -0.4 is 10.6 Å². The Morgan fingerprint density at radius 2 is 1.53 bits per heavy atom.